The first-order chi connectivity index (χ1) is 36.7. The third-order valence-corrected chi connectivity index (χ3v) is 10.8. The quantitative estimate of drug-likeness (QED) is 0.0688. The Morgan fingerprint density at radius 3 is 0.740 bits per heavy atom. The normalized spacial score (nSPS) is 9.53. The molecule has 0 heteroatoms. The molecule has 0 bridgehead atoms. The molecule has 0 aliphatic rings. The van der Waals surface area contributed by atoms with Crippen molar-refractivity contribution in [2.45, 2.75) is 340 Å². The fraction of sp³-hybridized carbons (Fsp3) is 0.688. The van der Waals surface area contributed by atoms with Crippen LogP contribution in [0.4, 0.5) is 0 Å². The standard InChI is InChI=1S/C19H32.C13H20.C8H10.C7H8.C7H16.2C5H12.2C4H10.C3H8.C2H6/c1-4-6-8-10-12-18-14-17(3)15-19(16-18)13-11-9-7-5-2;1-3-4-5-6-7-13-10-8-12(2)9-11-13;1-7-3-5-8(2)6-4-7;1-7-5-3-2-4-6-7;1-3-5-7-6-4-2;1-5(2,3)4;1-3-5-4-2;1-4(2)3;1-3-4-2;1-3-2;1-2/h14-16H,4-13H2,1-3H3;8-11H,3-7H2,1-2H3;3-6H,1-2H3;2-6H,1H3;3-7H2,1-2H3;1-4H3;3-5H2,1-2H3;4H,1-3H3;3-4H2,1-2H3;3H2,1-2H3;1-2H3. The summed E-state index contributed by atoms with van der Waals surface area (Å²) in [6.45, 7) is 54.2. The maximum absolute atomic E-state index is 2.45. The second-order valence-corrected chi connectivity index (χ2v) is 23.4. The van der Waals surface area contributed by atoms with Crippen LogP contribution in [0.1, 0.15) is 331 Å². The van der Waals surface area contributed by atoms with Crippen LogP contribution in [0.25, 0.3) is 0 Å². The van der Waals surface area contributed by atoms with E-state index in [4.69, 9.17) is 0 Å². The van der Waals surface area contributed by atoms with Crippen molar-refractivity contribution in [1.82, 2.24) is 0 Å². The van der Waals surface area contributed by atoms with E-state index in [9.17, 15) is 0 Å². The molecule has 0 nitrogen and oxygen atoms in total. The lowest BCUT2D eigenvalue weighted by Crippen LogP contribution is -1.93. The van der Waals surface area contributed by atoms with Crippen LogP contribution in [-0.2, 0) is 19.3 Å². The zero-order valence-corrected chi connectivity index (χ0v) is 57.7. The van der Waals surface area contributed by atoms with Crippen molar-refractivity contribution in [2.75, 3.05) is 0 Å². The highest BCUT2D eigenvalue weighted by Gasteiger charge is 2.00. The Balaban J connectivity index is -0.000000149. The molecule has 0 aromatic heterocycles. The Kier molecular flexibility index (Phi) is 83.0. The van der Waals surface area contributed by atoms with Crippen LogP contribution in [0.3, 0.4) is 0 Å². The van der Waals surface area contributed by atoms with Crippen LogP contribution >= 0.6 is 0 Å². The molecule has 0 saturated carbocycles. The second kappa shape index (κ2) is 72.9. The smallest absolute Gasteiger partial charge is 0.0279 e. The van der Waals surface area contributed by atoms with Gasteiger partial charge in [-0.15, -0.1) is 0 Å². The van der Waals surface area contributed by atoms with Crippen LogP contribution in [0, 0.1) is 46.0 Å². The van der Waals surface area contributed by atoms with Crippen molar-refractivity contribution in [3.8, 4) is 0 Å². The third-order valence-electron chi connectivity index (χ3n) is 10.8. The molecular formula is C77H144. The first kappa shape index (κ1) is 87.7. The van der Waals surface area contributed by atoms with Crippen LogP contribution in [0.5, 0.6) is 0 Å². The van der Waals surface area contributed by atoms with Crippen molar-refractivity contribution in [3.63, 3.8) is 0 Å². The molecule has 0 atom stereocenters. The van der Waals surface area contributed by atoms with Crippen molar-refractivity contribution >= 4 is 0 Å². The van der Waals surface area contributed by atoms with Crippen LogP contribution < -0.4 is 0 Å². The van der Waals surface area contributed by atoms with Gasteiger partial charge in [0.1, 0.15) is 0 Å². The Morgan fingerprint density at radius 2 is 0.519 bits per heavy atom. The first-order valence-corrected chi connectivity index (χ1v) is 32.9. The SMILES string of the molecule is CC.CC(C)(C)C.CC(C)C.CCC.CCCC.CCCCC.CCCCCCC.CCCCCCc1cc(C)cc(CCCCCC)c1.CCCCCCc1ccc(C)cc1.Cc1ccc(C)cc1.Cc1ccccc1. The van der Waals surface area contributed by atoms with Gasteiger partial charge in [0.2, 0.25) is 0 Å². The molecule has 0 heterocycles. The van der Waals surface area contributed by atoms with Crippen LogP contribution in [0.2, 0.25) is 0 Å². The van der Waals surface area contributed by atoms with Crippen LogP contribution in [0.15, 0.2) is 97.1 Å². The molecule has 452 valence electrons. The summed E-state index contributed by atoms with van der Waals surface area (Å²) in [4.78, 5) is 0. The monoisotopic (exact) mass is 1070 g/mol. The molecule has 4 aromatic carbocycles. The van der Waals surface area contributed by atoms with Gasteiger partial charge in [-0.05, 0) is 101 Å². The molecule has 0 saturated heterocycles. The fourth-order valence-corrected chi connectivity index (χ4v) is 6.46. The highest BCUT2D eigenvalue weighted by Crippen LogP contribution is 2.16. The molecule has 0 amide bonds. The second-order valence-electron chi connectivity index (χ2n) is 23.4. The molecule has 0 unspecified atom stereocenters. The van der Waals surface area contributed by atoms with E-state index in [1.807, 2.05) is 32.0 Å². The fourth-order valence-electron chi connectivity index (χ4n) is 6.46. The minimum absolute atomic E-state index is 0.500. The average Bonchev–Trinajstić information content (AvgIpc) is 3.39. The largest absolute Gasteiger partial charge is 0.0683 e. The lowest BCUT2D eigenvalue weighted by atomic mass is 9.98. The van der Waals surface area contributed by atoms with Gasteiger partial charge >= 0.3 is 0 Å². The average molecular weight is 1070 g/mol. The summed E-state index contributed by atoms with van der Waals surface area (Å²) in [5.74, 6) is 0.833. The van der Waals surface area contributed by atoms with Gasteiger partial charge in [0.15, 0.2) is 0 Å². The van der Waals surface area contributed by atoms with Gasteiger partial charge in [0.25, 0.3) is 0 Å². The zero-order chi connectivity index (χ0) is 60.4. The van der Waals surface area contributed by atoms with Gasteiger partial charge in [0.05, 0.1) is 0 Å². The Bertz CT molecular complexity index is 1500. The van der Waals surface area contributed by atoms with Crippen molar-refractivity contribution in [2.24, 2.45) is 11.3 Å². The van der Waals surface area contributed by atoms with E-state index in [1.165, 1.54) is 200 Å². The summed E-state index contributed by atoms with van der Waals surface area (Å²) in [6, 6.07) is 34.9. The minimum atomic E-state index is 0.500. The van der Waals surface area contributed by atoms with Crippen LogP contribution in [-0.4, -0.2) is 0 Å². The first-order valence-electron chi connectivity index (χ1n) is 32.9. The number of benzene rings is 4. The molecule has 0 radical (unpaired) electrons. The number of aryl methyl sites for hydroxylation is 8. The van der Waals surface area contributed by atoms with Gasteiger partial charge < -0.3 is 0 Å². The molecule has 4 aromatic rings. The highest BCUT2D eigenvalue weighted by atomic mass is 14.1. The summed E-state index contributed by atoms with van der Waals surface area (Å²) in [5.41, 5.74) is 11.9. The predicted octanol–water partition coefficient (Wildman–Crippen LogP) is 27.8. The topological polar surface area (TPSA) is 0 Å². The van der Waals surface area contributed by atoms with Gasteiger partial charge in [-0.2, -0.15) is 0 Å². The number of hydrogen-bond donors (Lipinski definition) is 0. The maximum Gasteiger partial charge on any atom is -0.0279 e. The maximum atomic E-state index is 2.45. The molecular weight excluding hydrogens is 925 g/mol. The van der Waals surface area contributed by atoms with Crippen molar-refractivity contribution in [3.05, 3.63) is 142 Å². The predicted molar refractivity (Wildman–Crippen MR) is 366 cm³/mol. The molecule has 0 spiro atoms. The van der Waals surface area contributed by atoms with E-state index in [-0.39, 0.29) is 0 Å². The van der Waals surface area contributed by atoms with E-state index in [2.05, 4.69) is 238 Å². The summed E-state index contributed by atoms with van der Waals surface area (Å²) >= 11 is 0. The lowest BCUT2D eigenvalue weighted by molar-refractivity contribution is 0.469. The van der Waals surface area contributed by atoms with Crippen molar-refractivity contribution < 1.29 is 0 Å². The lowest BCUT2D eigenvalue weighted by Gasteiger charge is -2.08. The van der Waals surface area contributed by atoms with Gasteiger partial charge in [-0.3, -0.25) is 0 Å². The summed E-state index contributed by atoms with van der Waals surface area (Å²) in [7, 11) is 0. The highest BCUT2D eigenvalue weighted by molar-refractivity contribution is 5.30. The van der Waals surface area contributed by atoms with Crippen molar-refractivity contribution in [1.29, 1.82) is 0 Å². The Morgan fingerprint density at radius 1 is 0.286 bits per heavy atom. The Hall–Kier alpha value is -3.12. The molecule has 0 aliphatic heterocycles. The Labute approximate surface area is 490 Å². The number of unbranched alkanes of at least 4 members (excludes halogenated alkanes) is 16. The summed E-state index contributed by atoms with van der Waals surface area (Å²) in [6.07, 6.45) is 35.1. The zero-order valence-electron chi connectivity index (χ0n) is 57.7. The van der Waals surface area contributed by atoms with Gasteiger partial charge in [0, 0.05) is 0 Å². The summed E-state index contributed by atoms with van der Waals surface area (Å²) in [5, 5.41) is 0. The van der Waals surface area contributed by atoms with Gasteiger partial charge in [-0.1, -0.05) is 392 Å². The third kappa shape index (κ3) is 95.6. The number of hydrogen-bond acceptors (Lipinski definition) is 0. The van der Waals surface area contributed by atoms with Gasteiger partial charge in [-0.25, -0.2) is 0 Å². The van der Waals surface area contributed by atoms with E-state index in [0.717, 1.165) is 5.92 Å². The molecule has 0 aliphatic carbocycles. The molecule has 0 fully saturated rings. The molecule has 4 rings (SSSR count). The minimum Gasteiger partial charge on any atom is -0.0683 e. The van der Waals surface area contributed by atoms with E-state index >= 15 is 0 Å². The van der Waals surface area contributed by atoms with E-state index in [0.29, 0.717) is 5.41 Å². The molecule has 77 heavy (non-hydrogen) atoms. The number of rotatable bonds is 22. The van der Waals surface area contributed by atoms with E-state index < -0.39 is 0 Å². The molecule has 0 N–H and O–H groups in total. The summed E-state index contributed by atoms with van der Waals surface area (Å²) < 4.78 is 0. The van der Waals surface area contributed by atoms with E-state index in [1.54, 1.807) is 11.1 Å².